The molecular weight excluding hydrogens is 610 g/mol. The van der Waals surface area contributed by atoms with Crippen molar-refractivity contribution in [2.45, 2.75) is 76.3 Å². The van der Waals surface area contributed by atoms with Crippen molar-refractivity contribution < 1.29 is 31.5 Å². The molecule has 5 atom stereocenters. The number of amides is 1. The maximum atomic E-state index is 14.9. The third-order valence-electron chi connectivity index (χ3n) is 9.80. The highest BCUT2D eigenvalue weighted by Gasteiger charge is 2.52. The van der Waals surface area contributed by atoms with Crippen LogP contribution in [0.15, 0.2) is 48.6 Å². The maximum Gasteiger partial charge on any atom is 0.270 e. The number of alkyl halides is 2. The van der Waals surface area contributed by atoms with Crippen LogP contribution in [0.5, 0.6) is 5.75 Å². The first-order valence-corrected chi connectivity index (χ1v) is 17.2. The number of nitrogens with one attached hydrogen (secondary N) is 1. The van der Waals surface area contributed by atoms with Gasteiger partial charge in [-0.2, -0.15) is 0 Å². The summed E-state index contributed by atoms with van der Waals surface area (Å²) in [5, 5.41) is -0.289. The highest BCUT2D eigenvalue weighted by Crippen LogP contribution is 2.48. The molecule has 3 aliphatic rings. The van der Waals surface area contributed by atoms with E-state index in [9.17, 15) is 22.0 Å². The van der Waals surface area contributed by atoms with E-state index >= 15 is 0 Å². The fourth-order valence-electron chi connectivity index (χ4n) is 6.66. The summed E-state index contributed by atoms with van der Waals surface area (Å²) in [4.78, 5) is 15.4. The van der Waals surface area contributed by atoms with Crippen LogP contribution in [0, 0.1) is 17.8 Å². The summed E-state index contributed by atoms with van der Waals surface area (Å²) in [6.07, 6.45) is 4.35. The molecule has 1 N–H and O–H groups in total. The van der Waals surface area contributed by atoms with E-state index in [4.69, 9.17) is 21.1 Å². The van der Waals surface area contributed by atoms with Crippen molar-refractivity contribution in [3.05, 3.63) is 70.3 Å². The summed E-state index contributed by atoms with van der Waals surface area (Å²) < 4.78 is 70.4. The second-order valence-corrected chi connectivity index (χ2v) is 14.9. The number of fused-ring (bicyclic) bond motifs is 3. The molecule has 1 amide bonds. The van der Waals surface area contributed by atoms with Gasteiger partial charge in [0.25, 0.3) is 12.3 Å². The smallest absolute Gasteiger partial charge is 0.270 e. The second-order valence-electron chi connectivity index (χ2n) is 12.4. The average Bonchev–Trinajstić information content (AvgIpc) is 3.00. The van der Waals surface area contributed by atoms with Gasteiger partial charge in [-0.1, -0.05) is 36.7 Å². The lowest BCUT2D eigenvalue weighted by atomic mass is 9.64. The molecule has 0 spiro atoms. The largest absolute Gasteiger partial charge is 0.487 e. The van der Waals surface area contributed by atoms with E-state index in [0.29, 0.717) is 36.0 Å². The molecule has 1 aliphatic carbocycles. The van der Waals surface area contributed by atoms with Gasteiger partial charge in [0.15, 0.2) is 0 Å². The number of hydrogen-bond donors (Lipinski definition) is 1. The normalized spacial score (nSPS) is 30.1. The van der Waals surface area contributed by atoms with Gasteiger partial charge in [0.2, 0.25) is 10.0 Å². The quantitative estimate of drug-likeness (QED) is 0.361. The minimum Gasteiger partial charge on any atom is -0.487 e. The molecule has 5 rings (SSSR count). The summed E-state index contributed by atoms with van der Waals surface area (Å²) in [7, 11) is -2.74. The standard InChI is InChI=1S/C33H41ClF2N2O5S/c1-21-7-6-15-33(42-3,32(35)36)28-13-10-25(28)19-38-16-5-4-8-23-17-27(34)12-9-26(23)20-43-30-14-11-24(18-29(30)38)31(39)37-44(40,41)22(21)2/h6,9,11-12,14-15,17-18,21-22,25,28,32H,4-5,7-8,10,13,16,19-20H2,1-3H3,(H,37,39)/b15-6+/t21-,22+,25-,28+,33-/m0/s1. The summed E-state index contributed by atoms with van der Waals surface area (Å²) in [5.74, 6) is -1.17. The summed E-state index contributed by atoms with van der Waals surface area (Å²) in [5.41, 5.74) is 1.13. The topological polar surface area (TPSA) is 84.9 Å². The minimum absolute atomic E-state index is 0.0929. The Kier molecular flexibility index (Phi) is 9.92. The number of halogens is 3. The van der Waals surface area contributed by atoms with Gasteiger partial charge in [-0.3, -0.25) is 4.79 Å². The highest BCUT2D eigenvalue weighted by molar-refractivity contribution is 7.90. The first kappa shape index (κ1) is 32.7. The number of aryl methyl sites for hydroxylation is 1. The SMILES string of the molecule is CO[C@@]1(C(F)F)/C=C/C[C@H](C)[C@@H](C)S(=O)(=O)NC(=O)c2ccc3c(c2)N(CCCCc2cc(Cl)ccc2CO3)C[C@@H]2CC[C@H]21. The number of hydrogen-bond acceptors (Lipinski definition) is 6. The van der Waals surface area contributed by atoms with Crippen molar-refractivity contribution in [2.24, 2.45) is 17.8 Å². The van der Waals surface area contributed by atoms with Crippen LogP contribution in [0.4, 0.5) is 14.5 Å². The Labute approximate surface area is 264 Å². The molecular formula is C33H41ClF2N2O5S. The summed E-state index contributed by atoms with van der Waals surface area (Å²) in [6.45, 7) is 4.58. The molecule has 0 aromatic heterocycles. The van der Waals surface area contributed by atoms with Crippen LogP contribution in [0.2, 0.25) is 5.02 Å². The van der Waals surface area contributed by atoms with Crippen LogP contribution in [0.1, 0.15) is 67.4 Å². The van der Waals surface area contributed by atoms with Crippen LogP contribution in [0.25, 0.3) is 0 Å². The number of methoxy groups -OCH3 is 1. The Hall–Kier alpha value is -2.69. The Morgan fingerprint density at radius 3 is 2.61 bits per heavy atom. The predicted octanol–water partition coefficient (Wildman–Crippen LogP) is 6.78. The molecule has 11 heteroatoms. The molecule has 44 heavy (non-hydrogen) atoms. The van der Waals surface area contributed by atoms with Crippen molar-refractivity contribution in [1.29, 1.82) is 0 Å². The van der Waals surface area contributed by atoms with Gasteiger partial charge in [0, 0.05) is 36.7 Å². The zero-order valence-electron chi connectivity index (χ0n) is 25.4. The number of ether oxygens (including phenoxy) is 2. The zero-order chi connectivity index (χ0) is 31.6. The van der Waals surface area contributed by atoms with Crippen molar-refractivity contribution in [2.75, 3.05) is 25.1 Å². The molecule has 0 unspecified atom stereocenters. The average molecular weight is 651 g/mol. The number of allylic oxidation sites excluding steroid dienone is 1. The van der Waals surface area contributed by atoms with Crippen LogP contribution in [-0.4, -0.2) is 51.8 Å². The second kappa shape index (κ2) is 13.3. The number of rotatable bonds is 2. The van der Waals surface area contributed by atoms with E-state index in [0.717, 1.165) is 36.8 Å². The number of nitrogens with zero attached hydrogens (tertiary/aromatic N) is 1. The number of carbonyl (C=O) groups excluding carboxylic acids is 1. The van der Waals surface area contributed by atoms with Gasteiger partial charge in [-0.25, -0.2) is 21.9 Å². The van der Waals surface area contributed by atoms with Crippen molar-refractivity contribution in [3.63, 3.8) is 0 Å². The van der Waals surface area contributed by atoms with Gasteiger partial charge in [0.05, 0.1) is 10.9 Å². The van der Waals surface area contributed by atoms with Gasteiger partial charge < -0.3 is 14.4 Å². The highest BCUT2D eigenvalue weighted by atomic mass is 35.5. The lowest BCUT2D eigenvalue weighted by Crippen LogP contribution is -2.54. The minimum atomic E-state index is -4.06. The van der Waals surface area contributed by atoms with E-state index in [1.807, 2.05) is 18.2 Å². The fourth-order valence-corrected chi connectivity index (χ4v) is 8.14. The Morgan fingerprint density at radius 1 is 1.11 bits per heavy atom. The van der Waals surface area contributed by atoms with Gasteiger partial charge in [0.1, 0.15) is 18.0 Å². The van der Waals surface area contributed by atoms with Crippen LogP contribution >= 0.6 is 11.6 Å². The zero-order valence-corrected chi connectivity index (χ0v) is 27.0. The van der Waals surface area contributed by atoms with Crippen LogP contribution < -0.4 is 14.4 Å². The number of benzene rings is 2. The van der Waals surface area contributed by atoms with E-state index in [1.54, 1.807) is 31.2 Å². The molecule has 2 bridgehead atoms. The molecule has 240 valence electrons. The van der Waals surface area contributed by atoms with Crippen LogP contribution in [-0.2, 0) is 27.8 Å². The van der Waals surface area contributed by atoms with Crippen molar-refractivity contribution >= 4 is 33.2 Å². The molecule has 2 aromatic carbocycles. The monoisotopic (exact) mass is 650 g/mol. The van der Waals surface area contributed by atoms with Crippen molar-refractivity contribution in [3.8, 4) is 5.75 Å². The Morgan fingerprint density at radius 2 is 1.91 bits per heavy atom. The van der Waals surface area contributed by atoms with E-state index in [2.05, 4.69) is 9.62 Å². The predicted molar refractivity (Wildman–Crippen MR) is 168 cm³/mol. The molecule has 0 radical (unpaired) electrons. The van der Waals surface area contributed by atoms with Crippen LogP contribution in [0.3, 0.4) is 0 Å². The van der Waals surface area contributed by atoms with Gasteiger partial charge in [-0.15, -0.1) is 0 Å². The number of sulfonamides is 1. The number of carbonyl (C=O) groups is 1. The molecule has 7 nitrogen and oxygen atoms in total. The first-order chi connectivity index (χ1) is 20.9. The third kappa shape index (κ3) is 6.63. The summed E-state index contributed by atoms with van der Waals surface area (Å²) in [6, 6.07) is 10.6. The van der Waals surface area contributed by atoms with Gasteiger partial charge >= 0.3 is 0 Å². The molecule has 2 aromatic rings. The molecule has 1 fully saturated rings. The van der Waals surface area contributed by atoms with Crippen molar-refractivity contribution in [1.82, 2.24) is 4.72 Å². The van der Waals surface area contributed by atoms with E-state index in [-0.39, 0.29) is 24.5 Å². The lowest BCUT2D eigenvalue weighted by molar-refractivity contribution is -0.156. The molecule has 1 saturated carbocycles. The Bertz CT molecular complexity index is 1500. The molecule has 0 saturated heterocycles. The number of anilines is 1. The fraction of sp³-hybridized carbons (Fsp3) is 0.545. The summed E-state index contributed by atoms with van der Waals surface area (Å²) >= 11 is 6.29. The van der Waals surface area contributed by atoms with E-state index < -0.39 is 45.0 Å². The first-order valence-electron chi connectivity index (χ1n) is 15.3. The van der Waals surface area contributed by atoms with E-state index in [1.165, 1.54) is 20.1 Å². The Balaban J connectivity index is 1.59. The molecule has 2 heterocycles. The van der Waals surface area contributed by atoms with Gasteiger partial charge in [-0.05, 0) is 98.7 Å². The lowest BCUT2D eigenvalue weighted by Gasteiger charge is -2.49. The third-order valence-corrected chi connectivity index (χ3v) is 11.9. The molecule has 2 aliphatic heterocycles. The maximum absolute atomic E-state index is 14.9.